The summed E-state index contributed by atoms with van der Waals surface area (Å²) >= 11 is 0. The van der Waals surface area contributed by atoms with Gasteiger partial charge < -0.3 is 4.74 Å². The molecule has 3 aliphatic rings. The van der Waals surface area contributed by atoms with E-state index in [1.165, 1.54) is 41.2 Å². The maximum atomic E-state index is 6.01. The topological polar surface area (TPSA) is 21.6 Å². The molecule has 3 rings (SSSR count). The van der Waals surface area contributed by atoms with E-state index in [1.807, 2.05) is 0 Å². The zero-order valence-electron chi connectivity index (χ0n) is 24.2. The molecule has 0 aromatic heterocycles. The maximum Gasteiger partial charge on any atom is 2.00 e. The van der Waals surface area contributed by atoms with Crippen molar-refractivity contribution in [2.24, 2.45) is 10.4 Å². The second-order valence-electron chi connectivity index (χ2n) is 12.8. The van der Waals surface area contributed by atoms with Crippen molar-refractivity contribution < 1.29 is 21.8 Å². The van der Waals surface area contributed by atoms with Crippen LogP contribution in [-0.2, 0) is 21.8 Å². The van der Waals surface area contributed by atoms with Gasteiger partial charge >= 0.3 is 17.1 Å². The molecule has 34 heavy (non-hydrogen) atoms. The van der Waals surface area contributed by atoms with Crippen LogP contribution in [0.5, 0.6) is 0 Å². The normalized spacial score (nSPS) is 25.4. The molecule has 0 bridgehead atoms. The number of hydrogen-bond acceptors (Lipinski definition) is 2. The Morgan fingerprint density at radius 2 is 1.15 bits per heavy atom. The number of hydrogen-bond donors (Lipinski definition) is 0. The fourth-order valence-electron chi connectivity index (χ4n) is 4.89. The van der Waals surface area contributed by atoms with Crippen molar-refractivity contribution in [3.63, 3.8) is 0 Å². The summed E-state index contributed by atoms with van der Waals surface area (Å²) < 4.78 is 6.01. The van der Waals surface area contributed by atoms with Gasteiger partial charge in [0, 0.05) is 5.66 Å². The number of nitrogens with zero attached hydrogens (tertiary/aromatic N) is 1. The van der Waals surface area contributed by atoms with Gasteiger partial charge in [0.1, 0.15) is 6.61 Å². The van der Waals surface area contributed by atoms with Crippen LogP contribution in [-0.4, -0.2) is 28.9 Å². The molecule has 0 unspecified atom stereocenters. The smallest absolute Gasteiger partial charge is 0.478 e. The molecule has 10 radical (unpaired) electrons. The minimum atomic E-state index is -0.341. The SMILES string of the molecule is CC(C)(C)[C@H]1COC([C]2[CH][CH][CH][C]2P(C(C)(C)C)C(C)(C)C)=N1.C[C]1[C](C)[C](C)[C](C)[C]1C.[Fe+2]. The van der Waals surface area contributed by atoms with Crippen molar-refractivity contribution in [2.75, 3.05) is 6.61 Å². The molecule has 190 valence electrons. The van der Waals surface area contributed by atoms with Crippen LogP contribution in [0.2, 0.25) is 0 Å². The molecular formula is C30H48FeNOP+2. The molecule has 2 nitrogen and oxygen atoms in total. The van der Waals surface area contributed by atoms with Crippen LogP contribution in [0.1, 0.15) is 96.9 Å². The van der Waals surface area contributed by atoms with E-state index in [9.17, 15) is 0 Å². The molecule has 1 aliphatic heterocycles. The summed E-state index contributed by atoms with van der Waals surface area (Å²) in [6, 6.07) is 0.246. The minimum Gasteiger partial charge on any atom is -0.478 e. The quantitative estimate of drug-likeness (QED) is 0.261. The summed E-state index contributed by atoms with van der Waals surface area (Å²) in [7, 11) is -0.341. The Balaban J connectivity index is 0.000000442. The molecule has 2 saturated carbocycles. The third kappa shape index (κ3) is 7.48. The van der Waals surface area contributed by atoms with Crippen molar-refractivity contribution >= 4 is 13.8 Å². The van der Waals surface area contributed by atoms with E-state index in [1.54, 1.807) is 0 Å². The van der Waals surface area contributed by atoms with Gasteiger partial charge in [-0.2, -0.15) is 0 Å². The molecule has 0 aromatic rings. The van der Waals surface area contributed by atoms with Gasteiger partial charge in [-0.25, -0.2) is 4.99 Å². The molecule has 4 heteroatoms. The summed E-state index contributed by atoms with van der Waals surface area (Å²) in [4.78, 5) is 4.91. The van der Waals surface area contributed by atoms with E-state index in [4.69, 9.17) is 9.73 Å². The van der Waals surface area contributed by atoms with Crippen LogP contribution in [0.3, 0.4) is 0 Å². The van der Waals surface area contributed by atoms with Gasteiger partial charge in [-0.3, -0.25) is 0 Å². The third-order valence-electron chi connectivity index (χ3n) is 7.07. The number of aliphatic imine (C=N–C) groups is 1. The first kappa shape index (κ1) is 32.4. The molecular weight excluding hydrogens is 477 g/mol. The van der Waals surface area contributed by atoms with Gasteiger partial charge in [-0.05, 0) is 64.6 Å². The van der Waals surface area contributed by atoms with Crippen molar-refractivity contribution in [2.45, 2.75) is 113 Å². The van der Waals surface area contributed by atoms with Crippen LogP contribution in [0.15, 0.2) is 4.99 Å². The molecule has 1 atom stereocenters. The first-order chi connectivity index (χ1) is 14.9. The van der Waals surface area contributed by atoms with Crippen LogP contribution >= 0.6 is 7.92 Å². The first-order valence-corrected chi connectivity index (χ1v) is 13.7. The van der Waals surface area contributed by atoms with E-state index in [-0.39, 0.29) is 46.8 Å². The number of rotatable bonds is 2. The van der Waals surface area contributed by atoms with Gasteiger partial charge in [0.15, 0.2) is 5.90 Å². The fourth-order valence-corrected chi connectivity index (χ4v) is 8.99. The van der Waals surface area contributed by atoms with E-state index in [0.29, 0.717) is 6.61 Å². The molecule has 2 aliphatic carbocycles. The van der Waals surface area contributed by atoms with E-state index in [0.717, 1.165) is 5.90 Å². The Labute approximate surface area is 225 Å². The summed E-state index contributed by atoms with van der Waals surface area (Å²) in [5.74, 6) is 9.41. The van der Waals surface area contributed by atoms with Crippen LogP contribution in [0.4, 0.5) is 0 Å². The molecule has 0 N–H and O–H groups in total. The Morgan fingerprint density at radius 1 is 0.735 bits per heavy atom. The van der Waals surface area contributed by atoms with Gasteiger partial charge in [0.2, 0.25) is 0 Å². The van der Waals surface area contributed by atoms with Crippen molar-refractivity contribution in [1.82, 2.24) is 0 Å². The van der Waals surface area contributed by atoms with E-state index < -0.39 is 0 Å². The fraction of sp³-hybridized carbons (Fsp3) is 0.633. The van der Waals surface area contributed by atoms with Gasteiger partial charge in [0.05, 0.1) is 12.0 Å². The summed E-state index contributed by atoms with van der Waals surface area (Å²) in [6.07, 6.45) is 6.63. The Bertz CT molecular complexity index is 612. The van der Waals surface area contributed by atoms with Crippen molar-refractivity contribution in [3.05, 3.63) is 60.4 Å². The van der Waals surface area contributed by atoms with E-state index >= 15 is 0 Å². The van der Waals surface area contributed by atoms with Crippen molar-refractivity contribution in [1.29, 1.82) is 0 Å². The molecule has 0 amide bonds. The third-order valence-corrected chi connectivity index (χ3v) is 10.6. The number of ether oxygens (including phenoxy) is 1. The van der Waals surface area contributed by atoms with Gasteiger partial charge in [-0.1, -0.05) is 105 Å². The average Bonchev–Trinajstić information content (AvgIpc) is 3.35. The predicted octanol–water partition coefficient (Wildman–Crippen LogP) is 8.61. The standard InChI is InChI=1S/C20H33NOP.C10H15.Fe/c1-18(2,3)16-13-22-17(21-16)14-11-10-12-15(14)23(19(4,5)6)20(7,8)9;1-6-7(2)9(4)10(5)8(6)3;/h10-12,16H,13H2,1-9H3;1-5H3;/q;;+2/t16-;;/m1../s1. The summed E-state index contributed by atoms with van der Waals surface area (Å²) in [6.45, 7) is 32.5. The zero-order chi connectivity index (χ0) is 25.5. The molecule has 2 fully saturated rings. The van der Waals surface area contributed by atoms with Gasteiger partial charge in [-0.15, -0.1) is 0 Å². The van der Waals surface area contributed by atoms with Crippen molar-refractivity contribution in [3.8, 4) is 0 Å². The Morgan fingerprint density at radius 3 is 1.47 bits per heavy atom. The summed E-state index contributed by atoms with van der Waals surface area (Å²) in [5.41, 5.74) is 1.58. The maximum absolute atomic E-state index is 6.01. The van der Waals surface area contributed by atoms with Crippen LogP contribution < -0.4 is 0 Å². The van der Waals surface area contributed by atoms with E-state index in [2.05, 4.69) is 116 Å². The Hall–Kier alpha value is 0.419. The second-order valence-corrected chi connectivity index (χ2v) is 16.6. The van der Waals surface area contributed by atoms with Crippen LogP contribution in [0.25, 0.3) is 0 Å². The van der Waals surface area contributed by atoms with Gasteiger partial charge in [0.25, 0.3) is 0 Å². The summed E-state index contributed by atoms with van der Waals surface area (Å²) in [5, 5.41) is 0.499. The molecule has 1 heterocycles. The largest absolute Gasteiger partial charge is 2.00 e. The minimum absolute atomic E-state index is 0. The monoisotopic (exact) mass is 525 g/mol. The second kappa shape index (κ2) is 11.9. The molecule has 0 spiro atoms. The average molecular weight is 526 g/mol. The zero-order valence-corrected chi connectivity index (χ0v) is 26.2. The Kier molecular flexibility index (Phi) is 11.3. The molecule has 0 aromatic carbocycles. The van der Waals surface area contributed by atoms with Crippen LogP contribution in [0, 0.1) is 65.8 Å². The first-order valence-electron chi connectivity index (χ1n) is 12.3. The molecule has 0 saturated heterocycles. The predicted molar refractivity (Wildman–Crippen MR) is 147 cm³/mol.